The van der Waals surface area contributed by atoms with E-state index >= 15 is 0 Å². The van der Waals surface area contributed by atoms with E-state index in [1.165, 1.54) is 0 Å². The Kier molecular flexibility index (Phi) is 7.25. The Bertz CT molecular complexity index is 534. The van der Waals surface area contributed by atoms with Crippen molar-refractivity contribution in [3.63, 3.8) is 0 Å². The van der Waals surface area contributed by atoms with Crippen molar-refractivity contribution in [1.29, 1.82) is 0 Å². The van der Waals surface area contributed by atoms with Gasteiger partial charge < -0.3 is 10.6 Å². The van der Waals surface area contributed by atoms with Gasteiger partial charge in [-0.05, 0) is 60.8 Å². The molecule has 2 amide bonds. The van der Waals surface area contributed by atoms with E-state index in [1.54, 1.807) is 0 Å². The van der Waals surface area contributed by atoms with E-state index in [0.29, 0.717) is 6.04 Å². The van der Waals surface area contributed by atoms with Crippen molar-refractivity contribution in [3.05, 3.63) is 0 Å². The summed E-state index contributed by atoms with van der Waals surface area (Å²) in [7, 11) is 0. The van der Waals surface area contributed by atoms with E-state index in [-0.39, 0.29) is 43.2 Å². The summed E-state index contributed by atoms with van der Waals surface area (Å²) in [6.45, 7) is 13.3. The average molecular weight is 385 g/mol. The minimum Gasteiger partial charge on any atom is -0.352 e. The van der Waals surface area contributed by atoms with Crippen LogP contribution in [0.1, 0.15) is 60.8 Å². The molecule has 0 saturated carbocycles. The number of nitrogens with one attached hydrogen (secondary N) is 2. The van der Waals surface area contributed by atoms with E-state index in [4.69, 9.17) is 0 Å². The first-order valence-corrected chi connectivity index (χ1v) is 10.3. The molecular weight excluding hydrogens is 347 g/mol. The van der Waals surface area contributed by atoms with Crippen molar-refractivity contribution in [3.8, 4) is 0 Å². The number of rotatable bonds is 9. The van der Waals surface area contributed by atoms with Crippen LogP contribution in [0, 0.1) is 0 Å². The van der Waals surface area contributed by atoms with Gasteiger partial charge in [0.2, 0.25) is 11.6 Å². The van der Waals surface area contributed by atoms with Gasteiger partial charge in [0.15, 0.2) is 0 Å². The maximum atomic E-state index is 14.6. The standard InChI is InChI=1S/C20H37FN4O2/c1-13(2)22-19(27)20(21)11-24(12-20)16(6)8-7-15(5)23-18(26)17-9-10-25(17)14(3)4/h13-17H,7-12H2,1-6H3,(H,22,27)(H,23,26)/t15?,16?,17-/m0/s1. The Morgan fingerprint density at radius 1 is 1.07 bits per heavy atom. The van der Waals surface area contributed by atoms with Gasteiger partial charge in [0.05, 0.1) is 6.04 Å². The second-order valence-corrected chi connectivity index (χ2v) is 8.97. The summed E-state index contributed by atoms with van der Waals surface area (Å²) < 4.78 is 14.6. The number of halogens is 1. The fraction of sp³-hybridized carbons (Fsp3) is 0.900. The second kappa shape index (κ2) is 8.86. The highest BCUT2D eigenvalue weighted by Crippen LogP contribution is 2.29. The molecule has 0 aromatic heterocycles. The third-order valence-electron chi connectivity index (χ3n) is 5.79. The SMILES string of the molecule is CC(C)NC(=O)C1(F)CN(C(C)CCC(C)NC(=O)[C@@H]2CCN2C(C)C)C1. The molecule has 2 rings (SSSR count). The van der Waals surface area contributed by atoms with E-state index in [0.717, 1.165) is 25.8 Å². The largest absolute Gasteiger partial charge is 0.352 e. The number of hydrogen-bond donors (Lipinski definition) is 2. The first kappa shape index (κ1) is 22.1. The highest BCUT2D eigenvalue weighted by molar-refractivity contribution is 5.87. The third-order valence-corrected chi connectivity index (χ3v) is 5.79. The van der Waals surface area contributed by atoms with Crippen molar-refractivity contribution in [2.45, 2.75) is 96.7 Å². The first-order chi connectivity index (χ1) is 12.5. The van der Waals surface area contributed by atoms with Crippen LogP contribution in [-0.4, -0.2) is 77.1 Å². The molecule has 2 saturated heterocycles. The zero-order valence-electron chi connectivity index (χ0n) is 17.7. The number of likely N-dealkylation sites (tertiary alicyclic amines) is 2. The number of amides is 2. The molecule has 0 aromatic rings. The van der Waals surface area contributed by atoms with Crippen molar-refractivity contribution >= 4 is 11.8 Å². The molecule has 0 aliphatic carbocycles. The van der Waals surface area contributed by atoms with E-state index in [9.17, 15) is 14.0 Å². The van der Waals surface area contributed by atoms with Crippen LogP contribution in [0.15, 0.2) is 0 Å². The van der Waals surface area contributed by atoms with Gasteiger partial charge in [-0.2, -0.15) is 0 Å². The predicted molar refractivity (Wildman–Crippen MR) is 105 cm³/mol. The molecule has 0 aromatic carbocycles. The Morgan fingerprint density at radius 2 is 1.70 bits per heavy atom. The zero-order valence-corrected chi connectivity index (χ0v) is 17.7. The topological polar surface area (TPSA) is 64.7 Å². The van der Waals surface area contributed by atoms with Gasteiger partial charge in [-0.3, -0.25) is 19.4 Å². The van der Waals surface area contributed by atoms with E-state index in [1.807, 2.05) is 25.7 Å². The molecule has 7 heteroatoms. The summed E-state index contributed by atoms with van der Waals surface area (Å²) in [6, 6.07) is 0.631. The van der Waals surface area contributed by atoms with Crippen molar-refractivity contribution in [2.24, 2.45) is 0 Å². The van der Waals surface area contributed by atoms with Crippen LogP contribution < -0.4 is 10.6 Å². The predicted octanol–water partition coefficient (Wildman–Crippen LogP) is 1.69. The summed E-state index contributed by atoms with van der Waals surface area (Å²) in [4.78, 5) is 28.5. The van der Waals surface area contributed by atoms with Crippen molar-refractivity contribution in [2.75, 3.05) is 19.6 Å². The maximum Gasteiger partial charge on any atom is 0.260 e. The van der Waals surface area contributed by atoms with Crippen LogP contribution in [0.3, 0.4) is 0 Å². The molecule has 0 spiro atoms. The van der Waals surface area contributed by atoms with Crippen LogP contribution in [0.2, 0.25) is 0 Å². The van der Waals surface area contributed by atoms with Crippen LogP contribution in [0.5, 0.6) is 0 Å². The molecule has 3 atom stereocenters. The normalized spacial score (nSPS) is 24.9. The zero-order chi connectivity index (χ0) is 20.4. The Morgan fingerprint density at radius 3 is 2.19 bits per heavy atom. The summed E-state index contributed by atoms with van der Waals surface area (Å²) in [5.74, 6) is -0.385. The minimum absolute atomic E-state index is 0.00637. The molecule has 6 nitrogen and oxygen atoms in total. The lowest BCUT2D eigenvalue weighted by atomic mass is 9.91. The van der Waals surface area contributed by atoms with Crippen LogP contribution >= 0.6 is 0 Å². The van der Waals surface area contributed by atoms with E-state index in [2.05, 4.69) is 36.3 Å². The number of hydrogen-bond acceptors (Lipinski definition) is 4. The lowest BCUT2D eigenvalue weighted by molar-refractivity contribution is -0.148. The summed E-state index contributed by atoms with van der Waals surface area (Å²) >= 11 is 0. The van der Waals surface area contributed by atoms with E-state index < -0.39 is 11.6 Å². The fourth-order valence-corrected chi connectivity index (χ4v) is 3.84. The third kappa shape index (κ3) is 5.41. The lowest BCUT2D eigenvalue weighted by Crippen LogP contribution is -2.68. The first-order valence-electron chi connectivity index (χ1n) is 10.3. The van der Waals surface area contributed by atoms with Crippen LogP contribution in [0.4, 0.5) is 4.39 Å². The number of carbonyl (C=O) groups is 2. The Labute approximate surface area is 163 Å². The molecule has 2 aliphatic rings. The monoisotopic (exact) mass is 384 g/mol. The molecule has 2 N–H and O–H groups in total. The maximum absolute atomic E-state index is 14.6. The van der Waals surface area contributed by atoms with Gasteiger partial charge in [-0.25, -0.2) is 4.39 Å². The highest BCUT2D eigenvalue weighted by Gasteiger charge is 2.51. The van der Waals surface area contributed by atoms with Crippen molar-refractivity contribution in [1.82, 2.24) is 20.4 Å². The number of alkyl halides is 1. The molecule has 27 heavy (non-hydrogen) atoms. The number of nitrogens with zero attached hydrogens (tertiary/aromatic N) is 2. The minimum atomic E-state index is -1.76. The number of carbonyl (C=O) groups excluding carboxylic acids is 2. The summed E-state index contributed by atoms with van der Waals surface area (Å²) in [6.07, 6.45) is 2.63. The lowest BCUT2D eigenvalue weighted by Gasteiger charge is -2.46. The quantitative estimate of drug-likeness (QED) is 0.635. The van der Waals surface area contributed by atoms with Gasteiger partial charge in [0.1, 0.15) is 0 Å². The molecule has 2 heterocycles. The van der Waals surface area contributed by atoms with Gasteiger partial charge >= 0.3 is 0 Å². The Balaban J connectivity index is 1.68. The van der Waals surface area contributed by atoms with Crippen LogP contribution in [-0.2, 0) is 9.59 Å². The molecule has 2 aliphatic heterocycles. The summed E-state index contributed by atoms with van der Waals surface area (Å²) in [5, 5.41) is 5.77. The van der Waals surface area contributed by atoms with Gasteiger partial charge in [-0.15, -0.1) is 0 Å². The summed E-state index contributed by atoms with van der Waals surface area (Å²) in [5.41, 5.74) is -1.76. The average Bonchev–Trinajstić information content (AvgIpc) is 2.46. The molecule has 2 fully saturated rings. The van der Waals surface area contributed by atoms with Crippen molar-refractivity contribution < 1.29 is 14.0 Å². The van der Waals surface area contributed by atoms with Crippen LogP contribution in [0.25, 0.3) is 0 Å². The molecular formula is C20H37FN4O2. The van der Waals surface area contributed by atoms with Gasteiger partial charge in [0, 0.05) is 43.8 Å². The molecule has 156 valence electrons. The fourth-order valence-electron chi connectivity index (χ4n) is 3.84. The Hall–Kier alpha value is -1.21. The second-order valence-electron chi connectivity index (χ2n) is 8.97. The smallest absolute Gasteiger partial charge is 0.260 e. The molecule has 2 unspecified atom stereocenters. The molecule has 0 bridgehead atoms. The molecule has 0 radical (unpaired) electrons. The van der Waals surface area contributed by atoms with Gasteiger partial charge in [-0.1, -0.05) is 0 Å². The highest BCUT2D eigenvalue weighted by atomic mass is 19.1. The van der Waals surface area contributed by atoms with Gasteiger partial charge in [0.25, 0.3) is 5.91 Å².